The van der Waals surface area contributed by atoms with Gasteiger partial charge in [0.15, 0.2) is 5.60 Å². The van der Waals surface area contributed by atoms with Gasteiger partial charge < -0.3 is 9.47 Å². The van der Waals surface area contributed by atoms with Gasteiger partial charge in [0.2, 0.25) is 0 Å². The van der Waals surface area contributed by atoms with Crippen molar-refractivity contribution in [1.29, 1.82) is 0 Å². The van der Waals surface area contributed by atoms with Gasteiger partial charge in [-0.2, -0.15) is 0 Å². The van der Waals surface area contributed by atoms with E-state index in [9.17, 15) is 4.79 Å². The Labute approximate surface area is 60.3 Å². The van der Waals surface area contributed by atoms with Crippen molar-refractivity contribution in [3.05, 3.63) is 0 Å². The van der Waals surface area contributed by atoms with Crippen molar-refractivity contribution in [2.75, 3.05) is 7.11 Å². The molecule has 0 aliphatic heterocycles. The number of hydrogen-bond acceptors (Lipinski definition) is 3. The van der Waals surface area contributed by atoms with Crippen LogP contribution in [0.4, 0.5) is 4.79 Å². The van der Waals surface area contributed by atoms with Crippen LogP contribution >= 0.6 is 0 Å². The van der Waals surface area contributed by atoms with Crippen LogP contribution in [0.15, 0.2) is 0 Å². The van der Waals surface area contributed by atoms with Crippen LogP contribution in [-0.2, 0) is 9.47 Å². The first kappa shape index (κ1) is 8.83. The summed E-state index contributed by atoms with van der Waals surface area (Å²) in [5.74, 6) is 2.28. The molecule has 0 saturated carbocycles. The first-order valence-corrected chi connectivity index (χ1v) is 2.76. The Kier molecular flexibility index (Phi) is 2.75. The largest absolute Gasteiger partial charge is 0.509 e. The number of ether oxygens (including phenoxy) is 2. The van der Waals surface area contributed by atoms with Crippen LogP contribution in [-0.4, -0.2) is 18.9 Å². The second-order valence-corrected chi connectivity index (χ2v) is 2.21. The summed E-state index contributed by atoms with van der Waals surface area (Å²) in [4.78, 5) is 10.4. The van der Waals surface area contributed by atoms with Crippen molar-refractivity contribution in [3.63, 3.8) is 0 Å². The lowest BCUT2D eigenvalue weighted by atomic mass is 10.2. The minimum atomic E-state index is -0.882. The molecule has 0 aliphatic carbocycles. The van der Waals surface area contributed by atoms with E-state index >= 15 is 0 Å². The van der Waals surface area contributed by atoms with Crippen molar-refractivity contribution < 1.29 is 14.3 Å². The minimum Gasteiger partial charge on any atom is -0.438 e. The third-order valence-corrected chi connectivity index (χ3v) is 0.853. The van der Waals surface area contributed by atoms with E-state index in [0.717, 1.165) is 0 Å². The van der Waals surface area contributed by atoms with E-state index in [1.807, 2.05) is 0 Å². The smallest absolute Gasteiger partial charge is 0.438 e. The highest BCUT2D eigenvalue weighted by atomic mass is 16.7. The molecule has 0 aromatic heterocycles. The molecule has 0 fully saturated rings. The summed E-state index contributed by atoms with van der Waals surface area (Å²) in [6.45, 7) is 3.20. The van der Waals surface area contributed by atoms with E-state index in [0.29, 0.717) is 0 Å². The number of methoxy groups -OCH3 is 1. The van der Waals surface area contributed by atoms with Gasteiger partial charge in [0, 0.05) is 0 Å². The van der Waals surface area contributed by atoms with Crippen LogP contribution in [0.2, 0.25) is 0 Å². The van der Waals surface area contributed by atoms with E-state index in [1.54, 1.807) is 13.8 Å². The molecule has 0 amide bonds. The number of carbonyl (C=O) groups excluding carboxylic acids is 1. The molecule has 0 atom stereocenters. The first-order valence-electron chi connectivity index (χ1n) is 2.76. The maximum Gasteiger partial charge on any atom is 0.509 e. The van der Waals surface area contributed by atoms with Crippen molar-refractivity contribution in [2.24, 2.45) is 0 Å². The van der Waals surface area contributed by atoms with Crippen LogP contribution < -0.4 is 0 Å². The molecule has 56 valence electrons. The molecule has 0 bridgehead atoms. The van der Waals surface area contributed by atoms with E-state index in [1.165, 1.54) is 7.11 Å². The second kappa shape index (κ2) is 3.11. The lowest BCUT2D eigenvalue weighted by Gasteiger charge is -2.16. The fraction of sp³-hybridized carbons (Fsp3) is 0.571. The zero-order valence-corrected chi connectivity index (χ0v) is 6.30. The molecule has 0 aromatic rings. The predicted octanol–water partition coefficient (Wildman–Crippen LogP) is 1.18. The molecule has 0 spiro atoms. The Hall–Kier alpha value is -1.17. The molecular formula is C7H10O3. The standard InChI is InChI=1S/C7H10O3/c1-5-7(2,3)10-6(8)9-4/h1H,2-4H3. The van der Waals surface area contributed by atoms with Crippen LogP contribution in [0.3, 0.4) is 0 Å². The van der Waals surface area contributed by atoms with E-state index in [-0.39, 0.29) is 0 Å². The minimum absolute atomic E-state index is 0.761. The Balaban J connectivity index is 3.92. The number of hydrogen-bond donors (Lipinski definition) is 0. The molecule has 0 unspecified atom stereocenters. The summed E-state index contributed by atoms with van der Waals surface area (Å²) in [5.41, 5.74) is -0.882. The maximum absolute atomic E-state index is 10.4. The lowest BCUT2D eigenvalue weighted by Crippen LogP contribution is -2.25. The van der Waals surface area contributed by atoms with E-state index in [2.05, 4.69) is 15.4 Å². The van der Waals surface area contributed by atoms with Crippen LogP contribution in [0, 0.1) is 12.3 Å². The van der Waals surface area contributed by atoms with Crippen molar-refractivity contribution in [1.82, 2.24) is 0 Å². The van der Waals surface area contributed by atoms with Crippen LogP contribution in [0.25, 0.3) is 0 Å². The fourth-order valence-corrected chi connectivity index (χ4v) is 0.279. The van der Waals surface area contributed by atoms with Crippen LogP contribution in [0.1, 0.15) is 13.8 Å². The maximum atomic E-state index is 10.4. The van der Waals surface area contributed by atoms with Gasteiger partial charge in [-0.3, -0.25) is 0 Å². The topological polar surface area (TPSA) is 35.5 Å². The molecule has 0 aromatic carbocycles. The van der Waals surface area contributed by atoms with E-state index < -0.39 is 11.8 Å². The Bertz CT molecular complexity index is 164. The van der Waals surface area contributed by atoms with Gasteiger partial charge in [-0.25, -0.2) is 4.79 Å². The average Bonchev–Trinajstić information content (AvgIpc) is 1.87. The summed E-state index contributed by atoms with van der Waals surface area (Å²) in [6.07, 6.45) is 4.27. The SMILES string of the molecule is C#CC(C)(C)OC(=O)OC. The quantitative estimate of drug-likeness (QED) is 0.407. The van der Waals surface area contributed by atoms with Crippen molar-refractivity contribution in [3.8, 4) is 12.3 Å². The zero-order valence-electron chi connectivity index (χ0n) is 6.30. The van der Waals surface area contributed by atoms with Gasteiger partial charge in [0.05, 0.1) is 7.11 Å². The Morgan fingerprint density at radius 3 is 2.40 bits per heavy atom. The van der Waals surface area contributed by atoms with Crippen molar-refractivity contribution >= 4 is 6.16 Å². The van der Waals surface area contributed by atoms with Crippen molar-refractivity contribution in [2.45, 2.75) is 19.4 Å². The van der Waals surface area contributed by atoms with Gasteiger partial charge >= 0.3 is 6.16 Å². The highest BCUT2D eigenvalue weighted by Gasteiger charge is 2.19. The first-order chi connectivity index (χ1) is 4.52. The normalized spacial score (nSPS) is 9.80. The molecule has 3 nitrogen and oxygen atoms in total. The molecule has 3 heteroatoms. The molecule has 0 radical (unpaired) electrons. The monoisotopic (exact) mass is 142 g/mol. The molecule has 10 heavy (non-hydrogen) atoms. The summed E-state index contributed by atoms with van der Waals surface area (Å²) in [6, 6.07) is 0. The molecule has 0 heterocycles. The molecule has 0 aliphatic rings. The summed E-state index contributed by atoms with van der Waals surface area (Å²) < 4.78 is 8.87. The number of carbonyl (C=O) groups is 1. The van der Waals surface area contributed by atoms with Crippen LogP contribution in [0.5, 0.6) is 0 Å². The third-order valence-electron chi connectivity index (χ3n) is 0.853. The summed E-state index contributed by atoms with van der Waals surface area (Å²) in [5, 5.41) is 0. The highest BCUT2D eigenvalue weighted by molar-refractivity contribution is 5.60. The van der Waals surface area contributed by atoms with E-state index in [4.69, 9.17) is 6.42 Å². The Morgan fingerprint density at radius 2 is 2.10 bits per heavy atom. The highest BCUT2D eigenvalue weighted by Crippen LogP contribution is 2.07. The second-order valence-electron chi connectivity index (χ2n) is 2.21. The number of terminal acetylenes is 1. The predicted molar refractivity (Wildman–Crippen MR) is 36.4 cm³/mol. The fourth-order valence-electron chi connectivity index (χ4n) is 0.279. The van der Waals surface area contributed by atoms with Gasteiger partial charge in [-0.05, 0) is 13.8 Å². The zero-order chi connectivity index (χ0) is 8.20. The molecular weight excluding hydrogens is 132 g/mol. The Morgan fingerprint density at radius 1 is 1.60 bits per heavy atom. The number of rotatable bonds is 1. The van der Waals surface area contributed by atoms with Gasteiger partial charge in [0.25, 0.3) is 0 Å². The molecule has 0 saturated heterocycles. The molecule has 0 rings (SSSR count). The van der Waals surface area contributed by atoms with Gasteiger partial charge in [0.1, 0.15) is 0 Å². The van der Waals surface area contributed by atoms with Gasteiger partial charge in [-0.15, -0.1) is 6.42 Å². The lowest BCUT2D eigenvalue weighted by molar-refractivity contribution is 0.0222. The average molecular weight is 142 g/mol. The summed E-state index contributed by atoms with van der Waals surface area (Å²) >= 11 is 0. The van der Waals surface area contributed by atoms with Gasteiger partial charge in [-0.1, -0.05) is 5.92 Å². The third kappa shape index (κ3) is 2.98. The molecule has 0 N–H and O–H groups in total. The summed E-state index contributed by atoms with van der Waals surface area (Å²) in [7, 11) is 1.23.